The quantitative estimate of drug-likeness (QED) is 0.450. The topological polar surface area (TPSA) is 59.4 Å². The zero-order valence-corrected chi connectivity index (χ0v) is 20.0. The standard InChI is InChI=1S/C29H30FNO3/c1-17(2)26-16-27(21-12-18(3)11-19(4)13-21)31-29(20-5-7-22(30)8-6-20)25(26)10-9-24-14-23(32)15-28(33)34-24/h5-13,16-17,23-24,32H,14-15H2,1-4H3/t23-,24-/m1/s1. The molecule has 5 heteroatoms. The fraction of sp³-hybridized carbons (Fsp3) is 0.310. The number of esters is 1. The Balaban J connectivity index is 1.88. The van der Waals surface area contributed by atoms with Crippen molar-refractivity contribution in [1.29, 1.82) is 0 Å². The summed E-state index contributed by atoms with van der Waals surface area (Å²) in [7, 11) is 0. The fourth-order valence-corrected chi connectivity index (χ4v) is 4.46. The van der Waals surface area contributed by atoms with Gasteiger partial charge in [-0.25, -0.2) is 9.37 Å². The van der Waals surface area contributed by atoms with Crippen molar-refractivity contribution >= 4 is 12.0 Å². The molecule has 2 heterocycles. The number of hydrogen-bond acceptors (Lipinski definition) is 4. The molecule has 4 nitrogen and oxygen atoms in total. The summed E-state index contributed by atoms with van der Waals surface area (Å²) < 4.78 is 19.1. The molecule has 1 aromatic heterocycles. The maximum absolute atomic E-state index is 13.7. The van der Waals surface area contributed by atoms with Crippen LogP contribution in [0.4, 0.5) is 4.39 Å². The Morgan fingerprint density at radius 2 is 1.74 bits per heavy atom. The van der Waals surface area contributed by atoms with Gasteiger partial charge in [0.05, 0.1) is 23.9 Å². The predicted octanol–water partition coefficient (Wildman–Crippen LogP) is 6.37. The summed E-state index contributed by atoms with van der Waals surface area (Å²) >= 11 is 0. The van der Waals surface area contributed by atoms with E-state index >= 15 is 0 Å². The molecule has 2 aromatic carbocycles. The summed E-state index contributed by atoms with van der Waals surface area (Å²) in [5.41, 5.74) is 7.72. The van der Waals surface area contributed by atoms with Crippen molar-refractivity contribution in [3.05, 3.63) is 82.7 Å². The normalized spacial score (nSPS) is 18.5. The van der Waals surface area contributed by atoms with Gasteiger partial charge in [0.15, 0.2) is 0 Å². The van der Waals surface area contributed by atoms with Crippen LogP contribution in [0.15, 0.2) is 54.6 Å². The Labute approximate surface area is 200 Å². The van der Waals surface area contributed by atoms with E-state index in [1.807, 2.05) is 12.2 Å². The molecular formula is C29H30FNO3. The first-order chi connectivity index (χ1) is 16.2. The fourth-order valence-electron chi connectivity index (χ4n) is 4.46. The SMILES string of the molecule is Cc1cc(C)cc(-c2cc(C(C)C)c(C=C[C@@H]3C[C@@H](O)CC(=O)O3)c(-c3ccc(F)cc3)n2)c1. The molecule has 1 N–H and O–H groups in total. The second-order valence-corrected chi connectivity index (χ2v) is 9.38. The van der Waals surface area contributed by atoms with Crippen LogP contribution in [0.1, 0.15) is 54.9 Å². The summed E-state index contributed by atoms with van der Waals surface area (Å²) in [5.74, 6) is -0.524. The number of rotatable bonds is 5. The molecule has 176 valence electrons. The lowest BCUT2D eigenvalue weighted by Gasteiger charge is -2.24. The third-order valence-electron chi connectivity index (χ3n) is 6.01. The molecule has 3 aromatic rings. The molecule has 1 saturated heterocycles. The maximum atomic E-state index is 13.7. The second-order valence-electron chi connectivity index (χ2n) is 9.38. The lowest BCUT2D eigenvalue weighted by atomic mass is 9.90. The Morgan fingerprint density at radius 1 is 1.06 bits per heavy atom. The third-order valence-corrected chi connectivity index (χ3v) is 6.01. The van der Waals surface area contributed by atoms with Crippen LogP contribution in [-0.2, 0) is 9.53 Å². The second kappa shape index (κ2) is 9.90. The summed E-state index contributed by atoms with van der Waals surface area (Å²) in [6.45, 7) is 8.38. The van der Waals surface area contributed by atoms with Gasteiger partial charge in [0.1, 0.15) is 11.9 Å². The highest BCUT2D eigenvalue weighted by molar-refractivity contribution is 5.79. The van der Waals surface area contributed by atoms with E-state index in [0.29, 0.717) is 6.42 Å². The summed E-state index contributed by atoms with van der Waals surface area (Å²) in [5, 5.41) is 9.97. The molecular weight excluding hydrogens is 429 g/mol. The molecule has 0 bridgehead atoms. The van der Waals surface area contributed by atoms with Crippen LogP contribution in [0.3, 0.4) is 0 Å². The van der Waals surface area contributed by atoms with Gasteiger partial charge in [-0.2, -0.15) is 0 Å². The van der Waals surface area contributed by atoms with Gasteiger partial charge in [0.25, 0.3) is 0 Å². The number of halogens is 1. The monoisotopic (exact) mass is 459 g/mol. The molecule has 1 fully saturated rings. The van der Waals surface area contributed by atoms with Crippen molar-refractivity contribution in [3.63, 3.8) is 0 Å². The average Bonchev–Trinajstić information content (AvgIpc) is 2.76. The zero-order valence-electron chi connectivity index (χ0n) is 20.0. The first-order valence-corrected chi connectivity index (χ1v) is 11.6. The van der Waals surface area contributed by atoms with Gasteiger partial charge in [-0.05, 0) is 73.9 Å². The molecule has 1 aliphatic heterocycles. The molecule has 0 amide bonds. The lowest BCUT2D eigenvalue weighted by molar-refractivity contribution is -0.156. The van der Waals surface area contributed by atoms with E-state index in [0.717, 1.165) is 44.8 Å². The number of pyridine rings is 1. The number of carbonyl (C=O) groups excluding carboxylic acids is 1. The molecule has 0 radical (unpaired) electrons. The van der Waals surface area contributed by atoms with Crippen LogP contribution in [-0.4, -0.2) is 28.3 Å². The number of hydrogen-bond donors (Lipinski definition) is 1. The van der Waals surface area contributed by atoms with E-state index < -0.39 is 18.2 Å². The number of aromatic nitrogens is 1. The van der Waals surface area contributed by atoms with Crippen molar-refractivity contribution < 1.29 is 19.0 Å². The molecule has 4 rings (SSSR count). The predicted molar refractivity (Wildman–Crippen MR) is 133 cm³/mol. The van der Waals surface area contributed by atoms with E-state index in [4.69, 9.17) is 9.72 Å². The van der Waals surface area contributed by atoms with Crippen LogP contribution in [0.25, 0.3) is 28.6 Å². The largest absolute Gasteiger partial charge is 0.458 e. The maximum Gasteiger partial charge on any atom is 0.309 e. The van der Waals surface area contributed by atoms with E-state index in [2.05, 4.69) is 52.0 Å². The number of aliphatic hydroxyl groups is 1. The van der Waals surface area contributed by atoms with E-state index in [9.17, 15) is 14.3 Å². The number of ether oxygens (including phenoxy) is 1. The number of carbonyl (C=O) groups is 1. The minimum atomic E-state index is -0.706. The molecule has 1 aliphatic rings. The highest BCUT2D eigenvalue weighted by atomic mass is 19.1. The highest BCUT2D eigenvalue weighted by Gasteiger charge is 2.25. The third kappa shape index (κ3) is 5.42. The number of aryl methyl sites for hydroxylation is 2. The molecule has 2 atom stereocenters. The Bertz CT molecular complexity index is 1210. The molecule has 0 aliphatic carbocycles. The molecule has 0 spiro atoms. The van der Waals surface area contributed by atoms with Crippen molar-refractivity contribution in [1.82, 2.24) is 4.98 Å². The molecule has 0 unspecified atom stereocenters. The Morgan fingerprint density at radius 3 is 2.35 bits per heavy atom. The van der Waals surface area contributed by atoms with Crippen LogP contribution >= 0.6 is 0 Å². The molecule has 34 heavy (non-hydrogen) atoms. The minimum Gasteiger partial charge on any atom is -0.458 e. The summed E-state index contributed by atoms with van der Waals surface area (Å²) in [6, 6.07) is 14.8. The van der Waals surface area contributed by atoms with Crippen molar-refractivity contribution in [2.24, 2.45) is 0 Å². The molecule has 0 saturated carbocycles. The smallest absolute Gasteiger partial charge is 0.309 e. The van der Waals surface area contributed by atoms with Crippen LogP contribution in [0.2, 0.25) is 0 Å². The van der Waals surface area contributed by atoms with Crippen LogP contribution in [0.5, 0.6) is 0 Å². The number of cyclic esters (lactones) is 1. The Hall–Kier alpha value is -3.31. The van der Waals surface area contributed by atoms with Gasteiger partial charge in [0, 0.05) is 23.1 Å². The summed E-state index contributed by atoms with van der Waals surface area (Å²) in [4.78, 5) is 16.8. The highest BCUT2D eigenvalue weighted by Crippen LogP contribution is 2.35. The Kier molecular flexibility index (Phi) is 6.94. The van der Waals surface area contributed by atoms with Crippen molar-refractivity contribution in [2.75, 3.05) is 0 Å². The number of benzene rings is 2. The van der Waals surface area contributed by atoms with Gasteiger partial charge in [-0.3, -0.25) is 4.79 Å². The minimum absolute atomic E-state index is 0.0224. The van der Waals surface area contributed by atoms with Gasteiger partial charge < -0.3 is 9.84 Å². The van der Waals surface area contributed by atoms with Crippen molar-refractivity contribution in [3.8, 4) is 22.5 Å². The van der Waals surface area contributed by atoms with Crippen LogP contribution < -0.4 is 0 Å². The van der Waals surface area contributed by atoms with Crippen LogP contribution in [0, 0.1) is 19.7 Å². The van der Waals surface area contributed by atoms with Gasteiger partial charge in [-0.1, -0.05) is 37.1 Å². The summed E-state index contributed by atoms with van der Waals surface area (Å²) in [6.07, 6.45) is 2.90. The number of aliphatic hydroxyl groups excluding tert-OH is 1. The first kappa shape index (κ1) is 23.8. The zero-order chi connectivity index (χ0) is 24.4. The average molecular weight is 460 g/mol. The number of nitrogens with zero attached hydrogens (tertiary/aromatic N) is 1. The first-order valence-electron chi connectivity index (χ1n) is 11.6. The van der Waals surface area contributed by atoms with Gasteiger partial charge in [0.2, 0.25) is 0 Å². The van der Waals surface area contributed by atoms with Crippen molar-refractivity contribution in [2.45, 2.75) is 58.7 Å². The van der Waals surface area contributed by atoms with Gasteiger partial charge >= 0.3 is 5.97 Å². The van der Waals surface area contributed by atoms with E-state index in [1.165, 1.54) is 12.1 Å². The van der Waals surface area contributed by atoms with E-state index in [-0.39, 0.29) is 18.2 Å². The lowest BCUT2D eigenvalue weighted by Crippen LogP contribution is -2.31. The van der Waals surface area contributed by atoms with E-state index in [1.54, 1.807) is 12.1 Å². The van der Waals surface area contributed by atoms with Gasteiger partial charge in [-0.15, -0.1) is 0 Å².